The molecule has 4 rings (SSSR count). The third-order valence-corrected chi connectivity index (χ3v) is 5.16. The van der Waals surface area contributed by atoms with Gasteiger partial charge in [-0.1, -0.05) is 48.5 Å². The van der Waals surface area contributed by atoms with E-state index in [1.54, 1.807) is 78.9 Å². The largest absolute Gasteiger partial charge is 0.497 e. The number of ether oxygens (including phenoxy) is 2. The SMILES string of the molecule is COc1cccc(NC(=O)[C@@H](OC(=O)[C@H](C)n2c(=O)oc3ccccc32)c2ccccc2)c1. The smallest absolute Gasteiger partial charge is 0.420 e. The third-order valence-electron chi connectivity index (χ3n) is 5.16. The number of amides is 1. The van der Waals surface area contributed by atoms with E-state index in [0.717, 1.165) is 0 Å². The first-order chi connectivity index (χ1) is 16.0. The molecular weight excluding hydrogens is 424 g/mol. The van der Waals surface area contributed by atoms with Gasteiger partial charge in [0.05, 0.1) is 12.6 Å². The Morgan fingerprint density at radius 1 is 0.970 bits per heavy atom. The Bertz CT molecular complexity index is 1340. The molecule has 1 amide bonds. The number of hydrogen-bond donors (Lipinski definition) is 1. The molecule has 1 aromatic heterocycles. The number of nitrogens with zero attached hydrogens (tertiary/aromatic N) is 1. The van der Waals surface area contributed by atoms with Gasteiger partial charge in [-0.25, -0.2) is 9.59 Å². The maximum Gasteiger partial charge on any atom is 0.420 e. The number of rotatable bonds is 7. The molecule has 8 nitrogen and oxygen atoms in total. The zero-order chi connectivity index (χ0) is 23.4. The van der Waals surface area contributed by atoms with E-state index in [0.29, 0.717) is 28.1 Å². The summed E-state index contributed by atoms with van der Waals surface area (Å²) in [5, 5.41) is 2.75. The molecule has 0 bridgehead atoms. The van der Waals surface area contributed by atoms with E-state index in [2.05, 4.69) is 5.32 Å². The highest BCUT2D eigenvalue weighted by Gasteiger charge is 2.30. The van der Waals surface area contributed by atoms with Gasteiger partial charge in [-0.2, -0.15) is 0 Å². The number of anilines is 1. The maximum absolute atomic E-state index is 13.1. The number of para-hydroxylation sites is 2. The molecule has 168 valence electrons. The number of hydrogen-bond acceptors (Lipinski definition) is 6. The number of fused-ring (bicyclic) bond motifs is 1. The zero-order valence-corrected chi connectivity index (χ0v) is 18.1. The fourth-order valence-electron chi connectivity index (χ4n) is 3.48. The highest BCUT2D eigenvalue weighted by atomic mass is 16.6. The van der Waals surface area contributed by atoms with Crippen LogP contribution in [0, 0.1) is 0 Å². The van der Waals surface area contributed by atoms with Gasteiger partial charge in [0.1, 0.15) is 11.8 Å². The summed E-state index contributed by atoms with van der Waals surface area (Å²) < 4.78 is 17.2. The lowest BCUT2D eigenvalue weighted by Gasteiger charge is -2.20. The molecule has 1 N–H and O–H groups in total. The number of oxazole rings is 1. The molecular formula is C25H22N2O6. The second-order valence-electron chi connectivity index (χ2n) is 7.33. The summed E-state index contributed by atoms with van der Waals surface area (Å²) in [5.41, 5.74) is 1.80. The van der Waals surface area contributed by atoms with E-state index in [4.69, 9.17) is 13.9 Å². The summed E-state index contributed by atoms with van der Waals surface area (Å²) >= 11 is 0. The number of carbonyl (C=O) groups is 2. The number of benzene rings is 3. The van der Waals surface area contributed by atoms with Gasteiger partial charge in [-0.3, -0.25) is 9.36 Å². The highest BCUT2D eigenvalue weighted by Crippen LogP contribution is 2.25. The summed E-state index contributed by atoms with van der Waals surface area (Å²) in [6, 6.07) is 21.3. The molecule has 2 atom stereocenters. The van der Waals surface area contributed by atoms with Crippen LogP contribution < -0.4 is 15.8 Å². The van der Waals surface area contributed by atoms with Crippen molar-refractivity contribution in [3.05, 3.63) is 95.0 Å². The molecule has 3 aromatic carbocycles. The van der Waals surface area contributed by atoms with Crippen molar-refractivity contribution in [3.63, 3.8) is 0 Å². The van der Waals surface area contributed by atoms with Gasteiger partial charge in [0.2, 0.25) is 6.10 Å². The van der Waals surface area contributed by atoms with Crippen LogP contribution >= 0.6 is 0 Å². The number of esters is 1. The lowest BCUT2D eigenvalue weighted by molar-refractivity contribution is -0.157. The fourth-order valence-corrected chi connectivity index (χ4v) is 3.48. The third kappa shape index (κ3) is 4.64. The Morgan fingerprint density at radius 3 is 2.45 bits per heavy atom. The molecule has 0 saturated heterocycles. The summed E-state index contributed by atoms with van der Waals surface area (Å²) in [5.74, 6) is -1.41. The van der Waals surface area contributed by atoms with Gasteiger partial charge in [0.15, 0.2) is 5.58 Å². The Kier molecular flexibility index (Phi) is 6.26. The predicted octanol–water partition coefficient (Wildman–Crippen LogP) is 4.09. The molecule has 0 aliphatic rings. The van der Waals surface area contributed by atoms with E-state index in [1.807, 2.05) is 0 Å². The second-order valence-corrected chi connectivity index (χ2v) is 7.33. The lowest BCUT2D eigenvalue weighted by Crippen LogP contribution is -2.31. The van der Waals surface area contributed by atoms with Crippen LogP contribution in [-0.2, 0) is 14.3 Å². The molecule has 0 fully saturated rings. The minimum atomic E-state index is -1.23. The van der Waals surface area contributed by atoms with Crippen molar-refractivity contribution in [3.8, 4) is 5.75 Å². The molecule has 0 unspecified atom stereocenters. The van der Waals surface area contributed by atoms with E-state index in [1.165, 1.54) is 18.6 Å². The van der Waals surface area contributed by atoms with Crippen molar-refractivity contribution in [2.24, 2.45) is 0 Å². The second kappa shape index (κ2) is 9.44. The van der Waals surface area contributed by atoms with Crippen LogP contribution in [0.1, 0.15) is 24.6 Å². The van der Waals surface area contributed by atoms with Crippen LogP contribution in [0.2, 0.25) is 0 Å². The molecule has 0 radical (unpaired) electrons. The maximum atomic E-state index is 13.1. The monoisotopic (exact) mass is 446 g/mol. The van der Waals surface area contributed by atoms with Crippen LogP contribution in [-0.4, -0.2) is 23.6 Å². The average molecular weight is 446 g/mol. The molecule has 4 aromatic rings. The Hall–Kier alpha value is -4.33. The van der Waals surface area contributed by atoms with Crippen molar-refractivity contribution in [2.45, 2.75) is 19.1 Å². The standard InChI is InChI=1S/C25H22N2O6/c1-16(27-20-13-6-7-14-21(20)32-25(27)30)24(29)33-22(17-9-4-3-5-10-17)23(28)26-18-11-8-12-19(15-18)31-2/h3-16,22H,1-2H3,(H,26,28)/t16-,22-/m0/s1. The van der Waals surface area contributed by atoms with E-state index in [9.17, 15) is 14.4 Å². The van der Waals surface area contributed by atoms with Gasteiger partial charge in [0.25, 0.3) is 5.91 Å². The number of aromatic nitrogens is 1. The van der Waals surface area contributed by atoms with Crippen LogP contribution in [0.3, 0.4) is 0 Å². The van der Waals surface area contributed by atoms with Gasteiger partial charge < -0.3 is 19.2 Å². The van der Waals surface area contributed by atoms with E-state index >= 15 is 0 Å². The van der Waals surface area contributed by atoms with Gasteiger partial charge in [-0.15, -0.1) is 0 Å². The van der Waals surface area contributed by atoms with Gasteiger partial charge >= 0.3 is 11.7 Å². The molecule has 0 aliphatic heterocycles. The average Bonchev–Trinajstić information content (AvgIpc) is 3.18. The minimum absolute atomic E-state index is 0.359. The minimum Gasteiger partial charge on any atom is -0.497 e. The number of carbonyl (C=O) groups excluding carboxylic acids is 2. The van der Waals surface area contributed by atoms with Crippen LogP contribution in [0.5, 0.6) is 5.75 Å². The summed E-state index contributed by atoms with van der Waals surface area (Å²) in [6.07, 6.45) is -1.23. The van der Waals surface area contributed by atoms with Gasteiger partial charge in [-0.05, 0) is 31.2 Å². The Morgan fingerprint density at radius 2 is 1.70 bits per heavy atom. The van der Waals surface area contributed by atoms with Crippen LogP contribution in [0.4, 0.5) is 5.69 Å². The Labute approximate surface area is 189 Å². The molecule has 0 saturated carbocycles. The summed E-state index contributed by atoms with van der Waals surface area (Å²) in [7, 11) is 1.53. The molecule has 33 heavy (non-hydrogen) atoms. The number of nitrogens with one attached hydrogen (secondary N) is 1. The normalized spacial score (nSPS) is 12.7. The first kappa shape index (κ1) is 21.9. The summed E-state index contributed by atoms with van der Waals surface area (Å²) in [6.45, 7) is 1.52. The molecule has 1 heterocycles. The van der Waals surface area contributed by atoms with Crippen molar-refractivity contribution < 1.29 is 23.5 Å². The van der Waals surface area contributed by atoms with Crippen LogP contribution in [0.15, 0.2) is 88.1 Å². The topological polar surface area (TPSA) is 99.8 Å². The predicted molar refractivity (Wildman–Crippen MR) is 122 cm³/mol. The lowest BCUT2D eigenvalue weighted by atomic mass is 10.1. The van der Waals surface area contributed by atoms with Crippen molar-refractivity contribution in [1.82, 2.24) is 4.57 Å². The van der Waals surface area contributed by atoms with Gasteiger partial charge in [0, 0.05) is 17.3 Å². The van der Waals surface area contributed by atoms with E-state index in [-0.39, 0.29) is 0 Å². The first-order valence-electron chi connectivity index (χ1n) is 10.3. The number of methoxy groups -OCH3 is 1. The van der Waals surface area contributed by atoms with Crippen molar-refractivity contribution >= 4 is 28.7 Å². The quantitative estimate of drug-likeness (QED) is 0.429. The summed E-state index contributed by atoms with van der Waals surface area (Å²) in [4.78, 5) is 38.5. The highest BCUT2D eigenvalue weighted by molar-refractivity contribution is 5.96. The molecule has 8 heteroatoms. The molecule has 0 spiro atoms. The Balaban J connectivity index is 1.61. The molecule has 0 aliphatic carbocycles. The zero-order valence-electron chi connectivity index (χ0n) is 18.1. The fraction of sp³-hybridized carbons (Fsp3) is 0.160. The van der Waals surface area contributed by atoms with Crippen LogP contribution in [0.25, 0.3) is 11.1 Å². The van der Waals surface area contributed by atoms with Crippen molar-refractivity contribution in [2.75, 3.05) is 12.4 Å². The van der Waals surface area contributed by atoms with E-state index < -0.39 is 29.8 Å². The first-order valence-corrected chi connectivity index (χ1v) is 10.3. The van der Waals surface area contributed by atoms with Crippen molar-refractivity contribution in [1.29, 1.82) is 0 Å².